The molecule has 1 aliphatic heterocycles. The van der Waals surface area contributed by atoms with Gasteiger partial charge in [0, 0.05) is 10.6 Å². The summed E-state index contributed by atoms with van der Waals surface area (Å²) in [4.78, 5) is 26.3. The highest BCUT2D eigenvalue weighted by atomic mass is 35.5. The van der Waals surface area contributed by atoms with Crippen molar-refractivity contribution in [3.63, 3.8) is 0 Å². The molecular weight excluding hydrogens is 513 g/mol. The average molecular weight is 536 g/mol. The molecule has 2 amide bonds. The standard InChI is InChI=1S/C23H23ClFN5O5S/c1-23(2,3)27-19(31)21-29-28-20(35-21)14-8-17-18(9-15(14)25)36(33,34)11-16(26)22(32)30(17)10-12-4-6-13(24)7-5-12/h4-9,16H,10-11,26H2,1-3H3,(H,27,31)/t16-/m0/s1. The lowest BCUT2D eigenvalue weighted by Crippen LogP contribution is -2.45. The molecule has 0 bridgehead atoms. The third-order valence-electron chi connectivity index (χ3n) is 5.25. The molecule has 190 valence electrons. The van der Waals surface area contributed by atoms with Crippen molar-refractivity contribution in [1.82, 2.24) is 15.5 Å². The van der Waals surface area contributed by atoms with Crippen LogP contribution in [0, 0.1) is 5.82 Å². The Kier molecular flexibility index (Phi) is 6.62. The summed E-state index contributed by atoms with van der Waals surface area (Å²) in [6.45, 7) is 5.21. The van der Waals surface area contributed by atoms with E-state index >= 15 is 4.39 Å². The van der Waals surface area contributed by atoms with Crippen LogP contribution in [0.5, 0.6) is 0 Å². The van der Waals surface area contributed by atoms with Crippen LogP contribution in [-0.4, -0.2) is 47.8 Å². The Morgan fingerprint density at radius 1 is 1.25 bits per heavy atom. The maximum absolute atomic E-state index is 15.2. The van der Waals surface area contributed by atoms with Crippen molar-refractivity contribution in [2.45, 2.75) is 43.8 Å². The summed E-state index contributed by atoms with van der Waals surface area (Å²) in [5.41, 5.74) is 5.57. The van der Waals surface area contributed by atoms with Crippen molar-refractivity contribution in [2.75, 3.05) is 10.7 Å². The van der Waals surface area contributed by atoms with Crippen molar-refractivity contribution in [3.8, 4) is 11.5 Å². The second-order valence-electron chi connectivity index (χ2n) is 9.36. The second-order valence-corrected chi connectivity index (χ2v) is 11.8. The van der Waals surface area contributed by atoms with Gasteiger partial charge in [0.2, 0.25) is 5.91 Å². The van der Waals surface area contributed by atoms with Gasteiger partial charge in [0.1, 0.15) is 5.82 Å². The minimum absolute atomic E-state index is 0.0552. The number of hydrogen-bond donors (Lipinski definition) is 2. The molecule has 0 fully saturated rings. The van der Waals surface area contributed by atoms with Gasteiger partial charge in [-0.05, 0) is 50.6 Å². The molecule has 0 saturated carbocycles. The quantitative estimate of drug-likeness (QED) is 0.518. The van der Waals surface area contributed by atoms with E-state index in [-0.39, 0.29) is 23.7 Å². The van der Waals surface area contributed by atoms with Gasteiger partial charge in [0.05, 0.1) is 34.5 Å². The van der Waals surface area contributed by atoms with Crippen molar-refractivity contribution in [1.29, 1.82) is 0 Å². The highest BCUT2D eigenvalue weighted by Gasteiger charge is 2.37. The molecule has 10 nitrogen and oxygen atoms in total. The maximum Gasteiger partial charge on any atom is 0.309 e. The number of carbonyl (C=O) groups excluding carboxylic acids is 2. The number of hydrogen-bond acceptors (Lipinski definition) is 8. The predicted molar refractivity (Wildman–Crippen MR) is 130 cm³/mol. The van der Waals surface area contributed by atoms with E-state index in [1.165, 1.54) is 4.90 Å². The van der Waals surface area contributed by atoms with E-state index in [0.29, 0.717) is 10.6 Å². The third-order valence-corrected chi connectivity index (χ3v) is 7.30. The molecule has 0 saturated heterocycles. The zero-order valence-electron chi connectivity index (χ0n) is 19.6. The van der Waals surface area contributed by atoms with Gasteiger partial charge in [-0.15, -0.1) is 10.2 Å². The van der Waals surface area contributed by atoms with Crippen LogP contribution in [0.25, 0.3) is 11.5 Å². The number of aromatic nitrogens is 2. The lowest BCUT2D eigenvalue weighted by atomic mass is 10.1. The second kappa shape index (κ2) is 9.26. The molecule has 2 aromatic carbocycles. The fourth-order valence-corrected chi connectivity index (χ4v) is 5.33. The summed E-state index contributed by atoms with van der Waals surface area (Å²) >= 11 is 5.94. The number of anilines is 1. The predicted octanol–water partition coefficient (Wildman–Crippen LogP) is 2.71. The summed E-state index contributed by atoms with van der Waals surface area (Å²) in [7, 11) is -4.12. The minimum Gasteiger partial charge on any atom is -0.412 e. The highest BCUT2D eigenvalue weighted by molar-refractivity contribution is 7.91. The van der Waals surface area contributed by atoms with Crippen LogP contribution < -0.4 is 16.0 Å². The molecule has 4 rings (SSSR count). The van der Waals surface area contributed by atoms with Crippen LogP contribution in [0.4, 0.5) is 10.1 Å². The highest BCUT2D eigenvalue weighted by Crippen LogP contribution is 2.37. The Balaban J connectivity index is 1.82. The van der Waals surface area contributed by atoms with Gasteiger partial charge >= 0.3 is 11.8 Å². The van der Waals surface area contributed by atoms with E-state index < -0.39 is 55.6 Å². The van der Waals surface area contributed by atoms with Crippen LogP contribution >= 0.6 is 11.6 Å². The van der Waals surface area contributed by atoms with E-state index in [0.717, 1.165) is 12.1 Å². The van der Waals surface area contributed by atoms with E-state index in [9.17, 15) is 18.0 Å². The van der Waals surface area contributed by atoms with Gasteiger partial charge in [-0.2, -0.15) is 0 Å². The van der Waals surface area contributed by atoms with Crippen LogP contribution in [0.2, 0.25) is 5.02 Å². The Bertz CT molecular complexity index is 1450. The van der Waals surface area contributed by atoms with E-state index in [2.05, 4.69) is 15.5 Å². The Hall–Kier alpha value is -3.35. The maximum atomic E-state index is 15.2. The number of halogens is 2. The topological polar surface area (TPSA) is 148 Å². The molecule has 0 radical (unpaired) electrons. The molecule has 0 aliphatic carbocycles. The molecule has 3 N–H and O–H groups in total. The van der Waals surface area contributed by atoms with Crippen LogP contribution in [0.15, 0.2) is 45.7 Å². The number of amides is 2. The third kappa shape index (κ3) is 5.25. The fourth-order valence-electron chi connectivity index (χ4n) is 3.64. The first-order valence-electron chi connectivity index (χ1n) is 10.8. The molecule has 0 spiro atoms. The number of fused-ring (bicyclic) bond motifs is 1. The number of carbonyl (C=O) groups is 2. The smallest absolute Gasteiger partial charge is 0.309 e. The zero-order chi connectivity index (χ0) is 26.4. The van der Waals surface area contributed by atoms with Crippen molar-refractivity contribution in [3.05, 3.63) is 58.7 Å². The van der Waals surface area contributed by atoms with E-state index in [1.807, 2.05) is 0 Å². The molecule has 3 aromatic rings. The largest absolute Gasteiger partial charge is 0.412 e. The Morgan fingerprint density at radius 3 is 2.56 bits per heavy atom. The first-order chi connectivity index (χ1) is 16.7. The van der Waals surface area contributed by atoms with E-state index in [1.54, 1.807) is 45.0 Å². The molecule has 2 heterocycles. The monoisotopic (exact) mass is 535 g/mol. The average Bonchev–Trinajstić information content (AvgIpc) is 3.25. The summed E-state index contributed by atoms with van der Waals surface area (Å²) < 4.78 is 46.5. The molecular formula is C23H23ClFN5O5S. The van der Waals surface area contributed by atoms with Gasteiger partial charge in [-0.25, -0.2) is 12.8 Å². The zero-order valence-corrected chi connectivity index (χ0v) is 21.2. The summed E-state index contributed by atoms with van der Waals surface area (Å²) in [5.74, 6) is -3.77. The van der Waals surface area contributed by atoms with Gasteiger partial charge in [-0.3, -0.25) is 9.59 Å². The van der Waals surface area contributed by atoms with Gasteiger partial charge in [0.15, 0.2) is 9.84 Å². The molecule has 0 unspecified atom stereocenters. The van der Waals surface area contributed by atoms with Crippen molar-refractivity contribution in [2.24, 2.45) is 5.73 Å². The summed E-state index contributed by atoms with van der Waals surface area (Å²) in [5, 5.41) is 10.5. The fraction of sp³-hybridized carbons (Fsp3) is 0.304. The number of sulfone groups is 1. The SMILES string of the molecule is CC(C)(C)NC(=O)c1nnc(-c2cc3c(cc2F)S(=O)(=O)C[C@H](N)C(=O)N3Cc2ccc(Cl)cc2)o1. The first-order valence-corrected chi connectivity index (χ1v) is 12.8. The Labute approximate surface area is 211 Å². The van der Waals surface area contributed by atoms with E-state index in [4.69, 9.17) is 21.8 Å². The molecule has 1 aliphatic rings. The van der Waals surface area contributed by atoms with Crippen LogP contribution in [0.1, 0.15) is 37.0 Å². The summed E-state index contributed by atoms with van der Waals surface area (Å²) in [6.07, 6.45) is 0. The van der Waals surface area contributed by atoms with Gasteiger partial charge < -0.3 is 20.4 Å². The minimum atomic E-state index is -4.12. The molecule has 1 aromatic heterocycles. The van der Waals surface area contributed by atoms with Gasteiger partial charge in [-0.1, -0.05) is 23.7 Å². The number of benzene rings is 2. The van der Waals surface area contributed by atoms with Crippen molar-refractivity contribution < 1.29 is 26.8 Å². The summed E-state index contributed by atoms with van der Waals surface area (Å²) in [6, 6.07) is 7.14. The van der Waals surface area contributed by atoms with Gasteiger partial charge in [0.25, 0.3) is 5.89 Å². The molecule has 36 heavy (non-hydrogen) atoms. The number of nitrogens with one attached hydrogen (secondary N) is 1. The van der Waals surface area contributed by atoms with Crippen molar-refractivity contribution >= 4 is 38.9 Å². The van der Waals surface area contributed by atoms with Crippen LogP contribution in [-0.2, 0) is 21.2 Å². The first kappa shape index (κ1) is 25.7. The lowest BCUT2D eigenvalue weighted by molar-refractivity contribution is -0.119. The normalized spacial score (nSPS) is 17.4. The Morgan fingerprint density at radius 2 is 1.92 bits per heavy atom. The number of rotatable bonds is 4. The lowest BCUT2D eigenvalue weighted by Gasteiger charge is -2.24. The molecule has 1 atom stereocenters. The number of nitrogens with zero attached hydrogens (tertiary/aromatic N) is 3. The molecule has 13 heteroatoms. The van der Waals surface area contributed by atoms with Crippen LogP contribution in [0.3, 0.4) is 0 Å². The number of nitrogens with two attached hydrogens (primary N) is 1.